The number of piperidine rings is 1. The third kappa shape index (κ3) is 6.45. The van der Waals surface area contributed by atoms with Crippen molar-refractivity contribution in [3.63, 3.8) is 0 Å². The molecule has 2 rings (SSSR count). The Kier molecular flexibility index (Phi) is 6.23. The zero-order chi connectivity index (χ0) is 16.7. The van der Waals surface area contributed by atoms with E-state index in [1.54, 1.807) is 24.3 Å². The Morgan fingerprint density at radius 1 is 1.26 bits per heavy atom. The van der Waals surface area contributed by atoms with Crippen LogP contribution in [-0.4, -0.2) is 46.8 Å². The Bertz CT molecular complexity index is 610. The van der Waals surface area contributed by atoms with Gasteiger partial charge < -0.3 is 15.4 Å². The van der Waals surface area contributed by atoms with Crippen molar-refractivity contribution in [2.24, 2.45) is 5.92 Å². The lowest BCUT2D eigenvalue weighted by molar-refractivity contribution is -0.125. The molecular formula is C15H23N3O4S. The highest BCUT2D eigenvalue weighted by molar-refractivity contribution is 7.92. The van der Waals surface area contributed by atoms with Gasteiger partial charge in [-0.1, -0.05) is 0 Å². The summed E-state index contributed by atoms with van der Waals surface area (Å²) in [7, 11) is -3.27. The molecule has 1 aromatic rings. The van der Waals surface area contributed by atoms with Gasteiger partial charge in [0.25, 0.3) is 0 Å². The summed E-state index contributed by atoms with van der Waals surface area (Å²) in [4.78, 5) is 11.9. The molecule has 1 heterocycles. The van der Waals surface area contributed by atoms with Gasteiger partial charge in [-0.05, 0) is 50.2 Å². The Labute approximate surface area is 136 Å². The highest BCUT2D eigenvalue weighted by Gasteiger charge is 2.20. The van der Waals surface area contributed by atoms with Gasteiger partial charge in [-0.2, -0.15) is 0 Å². The van der Waals surface area contributed by atoms with Gasteiger partial charge in [-0.25, -0.2) is 8.42 Å². The molecule has 1 aliphatic heterocycles. The summed E-state index contributed by atoms with van der Waals surface area (Å²) < 4.78 is 30.1. The third-order valence-corrected chi connectivity index (χ3v) is 4.14. The van der Waals surface area contributed by atoms with Gasteiger partial charge in [0.1, 0.15) is 12.4 Å². The van der Waals surface area contributed by atoms with Crippen LogP contribution in [0.3, 0.4) is 0 Å². The summed E-state index contributed by atoms with van der Waals surface area (Å²) in [6, 6.07) is 6.62. The van der Waals surface area contributed by atoms with Crippen molar-refractivity contribution in [1.29, 1.82) is 0 Å². The fraction of sp³-hybridized carbons (Fsp3) is 0.533. The van der Waals surface area contributed by atoms with E-state index in [1.165, 1.54) is 0 Å². The molecule has 8 heteroatoms. The molecule has 0 saturated carbocycles. The summed E-state index contributed by atoms with van der Waals surface area (Å²) in [5.74, 6) is 0.806. The number of benzene rings is 1. The number of amides is 1. The monoisotopic (exact) mass is 341 g/mol. The minimum Gasteiger partial charge on any atom is -0.492 e. The fourth-order valence-corrected chi connectivity index (χ4v) is 2.97. The molecule has 7 nitrogen and oxygen atoms in total. The topological polar surface area (TPSA) is 96.5 Å². The van der Waals surface area contributed by atoms with Crippen LogP contribution in [0.25, 0.3) is 0 Å². The number of carbonyl (C=O) groups is 1. The third-order valence-electron chi connectivity index (χ3n) is 3.54. The zero-order valence-electron chi connectivity index (χ0n) is 13.2. The summed E-state index contributed by atoms with van der Waals surface area (Å²) >= 11 is 0. The average Bonchev–Trinajstić information content (AvgIpc) is 2.52. The summed E-state index contributed by atoms with van der Waals surface area (Å²) in [6.07, 6.45) is 2.85. The molecule has 1 amide bonds. The largest absolute Gasteiger partial charge is 0.492 e. The van der Waals surface area contributed by atoms with Crippen molar-refractivity contribution in [3.8, 4) is 5.75 Å². The minimum absolute atomic E-state index is 0.0859. The van der Waals surface area contributed by atoms with Crippen molar-refractivity contribution in [3.05, 3.63) is 24.3 Å². The number of nitrogens with one attached hydrogen (secondary N) is 3. The minimum atomic E-state index is -3.27. The van der Waals surface area contributed by atoms with Crippen molar-refractivity contribution in [2.45, 2.75) is 12.8 Å². The Balaban J connectivity index is 1.68. The van der Waals surface area contributed by atoms with Crippen molar-refractivity contribution in [1.82, 2.24) is 10.6 Å². The molecule has 23 heavy (non-hydrogen) atoms. The van der Waals surface area contributed by atoms with Crippen LogP contribution in [0.1, 0.15) is 12.8 Å². The highest BCUT2D eigenvalue weighted by Crippen LogP contribution is 2.16. The lowest BCUT2D eigenvalue weighted by atomic mass is 9.97. The quantitative estimate of drug-likeness (QED) is 0.630. The highest BCUT2D eigenvalue weighted by atomic mass is 32.2. The van der Waals surface area contributed by atoms with Gasteiger partial charge in [0.15, 0.2) is 0 Å². The average molecular weight is 341 g/mol. The van der Waals surface area contributed by atoms with Crippen molar-refractivity contribution in [2.75, 3.05) is 37.2 Å². The van der Waals surface area contributed by atoms with Gasteiger partial charge in [-0.3, -0.25) is 9.52 Å². The second-order valence-corrected chi connectivity index (χ2v) is 7.31. The van der Waals surface area contributed by atoms with E-state index in [0.29, 0.717) is 24.6 Å². The molecule has 0 spiro atoms. The SMILES string of the molecule is CS(=O)(=O)Nc1ccc(OCCNC(=O)C2CCNCC2)cc1. The van der Waals surface area contributed by atoms with Crippen LogP contribution in [0.5, 0.6) is 5.75 Å². The number of hydrogen-bond acceptors (Lipinski definition) is 5. The standard InChI is InChI=1S/C15H23N3O4S/c1-23(20,21)18-13-2-4-14(5-3-13)22-11-10-17-15(19)12-6-8-16-9-7-12/h2-5,12,16,18H,6-11H2,1H3,(H,17,19). The molecule has 0 aromatic heterocycles. The number of hydrogen-bond donors (Lipinski definition) is 3. The molecule has 1 fully saturated rings. The molecular weight excluding hydrogens is 318 g/mol. The first-order valence-corrected chi connectivity index (χ1v) is 9.52. The summed E-state index contributed by atoms with van der Waals surface area (Å²) in [5, 5.41) is 6.11. The smallest absolute Gasteiger partial charge is 0.229 e. The van der Waals surface area contributed by atoms with Gasteiger partial charge >= 0.3 is 0 Å². The van der Waals surface area contributed by atoms with Gasteiger partial charge in [0.05, 0.1) is 12.8 Å². The van der Waals surface area contributed by atoms with E-state index < -0.39 is 10.0 Å². The first kappa shape index (κ1) is 17.6. The number of ether oxygens (including phenoxy) is 1. The molecule has 1 aliphatic rings. The predicted octanol–water partition coefficient (Wildman–Crippen LogP) is 0.553. The lowest BCUT2D eigenvalue weighted by Gasteiger charge is -2.21. The molecule has 1 saturated heterocycles. The van der Waals surface area contributed by atoms with Crippen LogP contribution in [0, 0.1) is 5.92 Å². The van der Waals surface area contributed by atoms with Crippen LogP contribution >= 0.6 is 0 Å². The summed E-state index contributed by atoms with van der Waals surface area (Å²) in [6.45, 7) is 2.60. The normalized spacial score (nSPS) is 15.9. The van der Waals surface area contributed by atoms with Crippen LogP contribution in [0.2, 0.25) is 0 Å². The Hall–Kier alpha value is -1.80. The number of rotatable bonds is 7. The maximum absolute atomic E-state index is 11.9. The Morgan fingerprint density at radius 3 is 2.52 bits per heavy atom. The molecule has 1 aromatic carbocycles. The Morgan fingerprint density at radius 2 is 1.91 bits per heavy atom. The molecule has 0 aliphatic carbocycles. The molecule has 0 unspecified atom stereocenters. The van der Waals surface area contributed by atoms with E-state index in [1.807, 2.05) is 0 Å². The van der Waals surface area contributed by atoms with E-state index in [0.717, 1.165) is 32.2 Å². The van der Waals surface area contributed by atoms with E-state index in [9.17, 15) is 13.2 Å². The first-order chi connectivity index (χ1) is 10.9. The van der Waals surface area contributed by atoms with Gasteiger partial charge in [0, 0.05) is 11.6 Å². The predicted molar refractivity (Wildman–Crippen MR) is 89.0 cm³/mol. The molecule has 128 valence electrons. The van der Waals surface area contributed by atoms with Crippen LogP contribution in [-0.2, 0) is 14.8 Å². The maximum atomic E-state index is 11.9. The summed E-state index contributed by atoms with van der Waals surface area (Å²) in [5.41, 5.74) is 0.485. The number of anilines is 1. The number of sulfonamides is 1. The zero-order valence-corrected chi connectivity index (χ0v) is 14.0. The van der Waals surface area contributed by atoms with Crippen molar-refractivity contribution >= 4 is 21.6 Å². The first-order valence-electron chi connectivity index (χ1n) is 7.63. The lowest BCUT2D eigenvalue weighted by Crippen LogP contribution is -2.39. The fourth-order valence-electron chi connectivity index (χ4n) is 2.40. The van der Waals surface area contributed by atoms with Gasteiger partial charge in [-0.15, -0.1) is 0 Å². The van der Waals surface area contributed by atoms with E-state index in [2.05, 4.69) is 15.4 Å². The number of carbonyl (C=O) groups excluding carboxylic acids is 1. The van der Waals surface area contributed by atoms with Crippen LogP contribution in [0.4, 0.5) is 5.69 Å². The molecule has 0 radical (unpaired) electrons. The van der Waals surface area contributed by atoms with Gasteiger partial charge in [0.2, 0.25) is 15.9 Å². The van der Waals surface area contributed by atoms with Crippen molar-refractivity contribution < 1.29 is 17.9 Å². The second-order valence-electron chi connectivity index (χ2n) is 5.56. The van der Waals surface area contributed by atoms with E-state index >= 15 is 0 Å². The second kappa shape index (κ2) is 8.16. The molecule has 0 bridgehead atoms. The molecule has 3 N–H and O–H groups in total. The van der Waals surface area contributed by atoms with E-state index in [4.69, 9.17) is 4.74 Å². The van der Waals surface area contributed by atoms with Crippen LogP contribution in [0.15, 0.2) is 24.3 Å². The maximum Gasteiger partial charge on any atom is 0.229 e. The van der Waals surface area contributed by atoms with Crippen LogP contribution < -0.4 is 20.1 Å². The van der Waals surface area contributed by atoms with E-state index in [-0.39, 0.29) is 11.8 Å². The molecule has 0 atom stereocenters.